The van der Waals surface area contributed by atoms with Crippen molar-refractivity contribution in [2.75, 3.05) is 12.0 Å². The molecule has 0 aliphatic heterocycles. The Kier molecular flexibility index (Phi) is 3.47. The fraction of sp³-hybridized carbons (Fsp3) is 0.154. The first-order valence-corrected chi connectivity index (χ1v) is 8.25. The highest BCUT2D eigenvalue weighted by Crippen LogP contribution is 2.23. The molecule has 1 aromatic heterocycles. The molecule has 6 heteroatoms. The van der Waals surface area contributed by atoms with Crippen molar-refractivity contribution in [2.45, 2.75) is 11.8 Å². The summed E-state index contributed by atoms with van der Waals surface area (Å²) in [6, 6.07) is 6.07. The molecule has 19 heavy (non-hydrogen) atoms. The normalized spacial score (nSPS) is 11.5. The Labute approximate surface area is 115 Å². The summed E-state index contributed by atoms with van der Waals surface area (Å²) in [5, 5.41) is 1.83. The summed E-state index contributed by atoms with van der Waals surface area (Å²) >= 11 is 1.33. The largest absolute Gasteiger partial charge is 0.399 e. The van der Waals surface area contributed by atoms with Crippen LogP contribution in [0, 0.1) is 6.92 Å². The topological polar surface area (TPSA) is 77.2 Å². The van der Waals surface area contributed by atoms with Crippen molar-refractivity contribution in [1.29, 1.82) is 0 Å². The Morgan fingerprint density at radius 3 is 2.47 bits per heavy atom. The van der Waals surface area contributed by atoms with E-state index in [1.54, 1.807) is 0 Å². The number of rotatable bonds is 3. The number of hydrogen-bond donors (Lipinski definition) is 1. The second-order valence-corrected chi connectivity index (χ2v) is 7.26. The van der Waals surface area contributed by atoms with Crippen LogP contribution in [0.4, 0.5) is 5.69 Å². The van der Waals surface area contributed by atoms with E-state index in [1.165, 1.54) is 29.5 Å². The Balaban J connectivity index is 2.55. The molecule has 0 saturated heterocycles. The molecule has 1 aromatic carbocycles. The summed E-state index contributed by atoms with van der Waals surface area (Å²) in [6.07, 6.45) is 1.09. The zero-order chi connectivity index (χ0) is 14.2. The van der Waals surface area contributed by atoms with E-state index in [4.69, 9.17) is 5.73 Å². The maximum absolute atomic E-state index is 12.3. The number of sulfone groups is 1. The van der Waals surface area contributed by atoms with E-state index in [0.717, 1.165) is 11.8 Å². The van der Waals surface area contributed by atoms with E-state index in [9.17, 15) is 13.2 Å². The highest BCUT2D eigenvalue weighted by Gasteiger charge is 2.17. The van der Waals surface area contributed by atoms with Crippen molar-refractivity contribution in [3.05, 3.63) is 45.6 Å². The van der Waals surface area contributed by atoms with Gasteiger partial charge < -0.3 is 5.73 Å². The van der Waals surface area contributed by atoms with Gasteiger partial charge in [0.25, 0.3) is 0 Å². The molecule has 0 aliphatic rings. The van der Waals surface area contributed by atoms with E-state index in [-0.39, 0.29) is 16.4 Å². The molecule has 4 nitrogen and oxygen atoms in total. The Bertz CT molecular complexity index is 745. The predicted octanol–water partition coefficient (Wildman–Crippen LogP) is 2.27. The maximum atomic E-state index is 12.3. The summed E-state index contributed by atoms with van der Waals surface area (Å²) in [4.78, 5) is 13.0. The summed E-state index contributed by atoms with van der Waals surface area (Å²) in [7, 11) is -3.39. The van der Waals surface area contributed by atoms with Gasteiger partial charge in [-0.1, -0.05) is 0 Å². The van der Waals surface area contributed by atoms with Crippen LogP contribution >= 0.6 is 11.3 Å². The molecule has 100 valence electrons. The maximum Gasteiger partial charge on any atom is 0.203 e. The van der Waals surface area contributed by atoms with Crippen molar-refractivity contribution in [3.8, 4) is 0 Å². The first-order valence-electron chi connectivity index (χ1n) is 5.48. The smallest absolute Gasteiger partial charge is 0.203 e. The zero-order valence-corrected chi connectivity index (χ0v) is 12.1. The standard InChI is InChI=1S/C13H13NO3S2/c1-8-3-4-18-13(8)12(15)9-5-10(14)7-11(6-9)19(2,16)17/h3-7H,14H2,1-2H3. The number of ketones is 1. The van der Waals surface area contributed by atoms with E-state index in [0.29, 0.717) is 10.4 Å². The molecule has 2 aromatic rings. The number of aryl methyl sites for hydroxylation is 1. The van der Waals surface area contributed by atoms with Gasteiger partial charge in [-0.05, 0) is 42.1 Å². The predicted molar refractivity (Wildman–Crippen MR) is 76.5 cm³/mol. The lowest BCUT2D eigenvalue weighted by molar-refractivity contribution is 0.104. The van der Waals surface area contributed by atoms with Gasteiger partial charge in [0.2, 0.25) is 5.78 Å². The number of hydrogen-bond acceptors (Lipinski definition) is 5. The van der Waals surface area contributed by atoms with Crippen molar-refractivity contribution in [3.63, 3.8) is 0 Å². The van der Waals surface area contributed by atoms with Gasteiger partial charge in [0.15, 0.2) is 9.84 Å². The van der Waals surface area contributed by atoms with Crippen molar-refractivity contribution >= 4 is 32.6 Å². The average molecular weight is 295 g/mol. The second-order valence-electron chi connectivity index (χ2n) is 4.32. The minimum Gasteiger partial charge on any atom is -0.399 e. The van der Waals surface area contributed by atoms with Crippen molar-refractivity contribution in [2.24, 2.45) is 0 Å². The van der Waals surface area contributed by atoms with Crippen LogP contribution in [0.25, 0.3) is 0 Å². The van der Waals surface area contributed by atoms with E-state index >= 15 is 0 Å². The molecule has 0 aliphatic carbocycles. The van der Waals surface area contributed by atoms with Crippen LogP contribution in [0.15, 0.2) is 34.5 Å². The van der Waals surface area contributed by atoms with Gasteiger partial charge in [0.05, 0.1) is 9.77 Å². The molecule has 0 radical (unpaired) electrons. The minimum atomic E-state index is -3.39. The first-order chi connectivity index (χ1) is 8.79. The van der Waals surface area contributed by atoms with E-state index in [2.05, 4.69) is 0 Å². The van der Waals surface area contributed by atoms with Crippen LogP contribution in [0.1, 0.15) is 20.8 Å². The average Bonchev–Trinajstić information content (AvgIpc) is 2.72. The van der Waals surface area contributed by atoms with Crippen LogP contribution in [0.3, 0.4) is 0 Å². The molecule has 1 heterocycles. The third kappa shape index (κ3) is 2.85. The van der Waals surface area contributed by atoms with Gasteiger partial charge in [-0.15, -0.1) is 11.3 Å². The Morgan fingerprint density at radius 1 is 1.26 bits per heavy atom. The van der Waals surface area contributed by atoms with Crippen LogP contribution in [0.2, 0.25) is 0 Å². The first kappa shape index (κ1) is 13.8. The molecule has 2 N–H and O–H groups in total. The van der Waals surface area contributed by atoms with Crippen LogP contribution in [0.5, 0.6) is 0 Å². The number of benzene rings is 1. The third-order valence-electron chi connectivity index (χ3n) is 2.69. The third-order valence-corrected chi connectivity index (χ3v) is 4.79. The number of nitrogen functional groups attached to an aromatic ring is 1. The Morgan fingerprint density at radius 2 is 1.95 bits per heavy atom. The van der Waals surface area contributed by atoms with Gasteiger partial charge in [0.1, 0.15) is 0 Å². The number of thiophene rings is 1. The SMILES string of the molecule is Cc1ccsc1C(=O)c1cc(N)cc(S(C)(=O)=O)c1. The molecule has 2 rings (SSSR count). The molecule has 0 atom stereocenters. The van der Waals surface area contributed by atoms with Crippen LogP contribution in [-0.2, 0) is 9.84 Å². The second kappa shape index (κ2) is 4.79. The Hall–Kier alpha value is -1.66. The van der Waals surface area contributed by atoms with E-state index < -0.39 is 9.84 Å². The van der Waals surface area contributed by atoms with Gasteiger partial charge in [-0.2, -0.15) is 0 Å². The van der Waals surface area contributed by atoms with Gasteiger partial charge in [-0.25, -0.2) is 8.42 Å². The highest BCUT2D eigenvalue weighted by atomic mass is 32.2. The van der Waals surface area contributed by atoms with E-state index in [1.807, 2.05) is 18.4 Å². The molecule has 0 amide bonds. The van der Waals surface area contributed by atoms with Crippen LogP contribution in [-0.4, -0.2) is 20.5 Å². The monoisotopic (exact) mass is 295 g/mol. The zero-order valence-electron chi connectivity index (χ0n) is 10.5. The molecular weight excluding hydrogens is 282 g/mol. The summed E-state index contributed by atoms with van der Waals surface area (Å²) in [5.74, 6) is -0.204. The molecule has 0 spiro atoms. The van der Waals surface area contributed by atoms with Crippen LogP contribution < -0.4 is 5.73 Å². The molecular formula is C13H13NO3S2. The van der Waals surface area contributed by atoms with Gasteiger partial charge >= 0.3 is 0 Å². The number of anilines is 1. The highest BCUT2D eigenvalue weighted by molar-refractivity contribution is 7.90. The fourth-order valence-electron chi connectivity index (χ4n) is 1.70. The lowest BCUT2D eigenvalue weighted by Gasteiger charge is -2.05. The number of carbonyl (C=O) groups is 1. The summed E-state index contributed by atoms with van der Waals surface area (Å²) < 4.78 is 23.1. The lowest BCUT2D eigenvalue weighted by atomic mass is 10.1. The molecule has 0 fully saturated rings. The van der Waals surface area contributed by atoms with Crippen molar-refractivity contribution in [1.82, 2.24) is 0 Å². The van der Waals surface area contributed by atoms with Gasteiger partial charge in [-0.3, -0.25) is 4.79 Å². The lowest BCUT2D eigenvalue weighted by Crippen LogP contribution is -2.05. The summed E-state index contributed by atoms with van der Waals surface area (Å²) in [6.45, 7) is 1.84. The summed E-state index contributed by atoms with van der Waals surface area (Å²) in [5.41, 5.74) is 7.11. The number of nitrogens with two attached hydrogens (primary N) is 1. The fourth-order valence-corrected chi connectivity index (χ4v) is 3.28. The van der Waals surface area contributed by atoms with Crippen molar-refractivity contribution < 1.29 is 13.2 Å². The minimum absolute atomic E-state index is 0.0602. The quantitative estimate of drug-likeness (QED) is 0.696. The molecule has 0 saturated carbocycles. The van der Waals surface area contributed by atoms with Gasteiger partial charge in [0, 0.05) is 17.5 Å². The molecule has 0 bridgehead atoms. The molecule has 0 unspecified atom stereocenters. The number of carbonyl (C=O) groups excluding carboxylic acids is 1.